The Kier molecular flexibility index (Phi) is 3.95. The van der Waals surface area contributed by atoms with E-state index in [1.807, 2.05) is 0 Å². The van der Waals surface area contributed by atoms with Crippen molar-refractivity contribution in [3.63, 3.8) is 0 Å². The van der Waals surface area contributed by atoms with Gasteiger partial charge in [0.2, 0.25) is 0 Å². The Balaban J connectivity index is 1.55. The number of Topliss-reactive ketones (excluding diaryl/α,β-unsaturated/α-hetero) is 1. The minimum Gasteiger partial charge on any atom is -0.299 e. The number of rotatable bonds is 6. The van der Waals surface area contributed by atoms with Crippen molar-refractivity contribution in [2.75, 3.05) is 11.5 Å². The molecule has 0 unspecified atom stereocenters. The summed E-state index contributed by atoms with van der Waals surface area (Å²) in [5.41, 5.74) is 0. The van der Waals surface area contributed by atoms with Crippen LogP contribution in [0.1, 0.15) is 51.9 Å². The van der Waals surface area contributed by atoms with Gasteiger partial charge in [0.15, 0.2) is 0 Å². The van der Waals surface area contributed by atoms with Crippen LogP contribution >= 0.6 is 0 Å². The van der Waals surface area contributed by atoms with Gasteiger partial charge in [0.05, 0.1) is 5.75 Å². The zero-order chi connectivity index (χ0) is 14.3. The number of hydrogen-bond acceptors (Lipinski definition) is 3. The first kappa shape index (κ1) is 14.6. The van der Waals surface area contributed by atoms with E-state index in [1.165, 1.54) is 32.1 Å². The minimum atomic E-state index is -2.92. The first-order chi connectivity index (χ1) is 9.48. The topological polar surface area (TPSA) is 51.2 Å². The maximum absolute atomic E-state index is 12.5. The molecule has 4 heteroatoms. The van der Waals surface area contributed by atoms with E-state index in [1.54, 1.807) is 6.92 Å². The van der Waals surface area contributed by atoms with Gasteiger partial charge in [-0.15, -0.1) is 0 Å². The highest BCUT2D eigenvalue weighted by molar-refractivity contribution is 7.91. The standard InChI is InChI=1S/C16H26O3S/c1-2-20(18,19)5-3-4-15(17)16-13-7-11-6-12(9-13)10-14(16)8-11/h11-14,16H,2-10H2,1H3. The zero-order valence-corrected chi connectivity index (χ0v) is 13.2. The van der Waals surface area contributed by atoms with Crippen LogP contribution in [0.25, 0.3) is 0 Å². The van der Waals surface area contributed by atoms with Crippen LogP contribution in [0, 0.1) is 29.6 Å². The van der Waals surface area contributed by atoms with Gasteiger partial charge in [0.1, 0.15) is 15.6 Å². The van der Waals surface area contributed by atoms with E-state index in [4.69, 9.17) is 0 Å². The summed E-state index contributed by atoms with van der Waals surface area (Å²) in [5, 5.41) is 0. The summed E-state index contributed by atoms with van der Waals surface area (Å²) in [6.45, 7) is 1.68. The van der Waals surface area contributed by atoms with E-state index in [2.05, 4.69) is 0 Å². The zero-order valence-electron chi connectivity index (χ0n) is 12.4. The fourth-order valence-electron chi connectivity index (χ4n) is 5.23. The van der Waals surface area contributed by atoms with Gasteiger partial charge in [-0.05, 0) is 62.2 Å². The molecular formula is C16H26O3S. The number of sulfone groups is 1. The average Bonchev–Trinajstić information content (AvgIpc) is 2.37. The second-order valence-electron chi connectivity index (χ2n) is 7.26. The maximum atomic E-state index is 12.5. The largest absolute Gasteiger partial charge is 0.299 e. The van der Waals surface area contributed by atoms with Crippen molar-refractivity contribution in [2.24, 2.45) is 29.6 Å². The number of ketones is 1. The summed E-state index contributed by atoms with van der Waals surface area (Å²) < 4.78 is 23.0. The Morgan fingerprint density at radius 1 is 1.00 bits per heavy atom. The van der Waals surface area contributed by atoms with Crippen molar-refractivity contribution in [3.05, 3.63) is 0 Å². The molecule has 4 bridgehead atoms. The van der Waals surface area contributed by atoms with Crippen molar-refractivity contribution >= 4 is 15.6 Å². The molecule has 0 saturated heterocycles. The highest BCUT2D eigenvalue weighted by atomic mass is 32.2. The first-order valence-corrected chi connectivity index (χ1v) is 10.0. The van der Waals surface area contributed by atoms with Crippen LogP contribution in [0.4, 0.5) is 0 Å². The van der Waals surface area contributed by atoms with Crippen molar-refractivity contribution in [3.8, 4) is 0 Å². The Hall–Kier alpha value is -0.380. The lowest BCUT2D eigenvalue weighted by atomic mass is 9.51. The molecule has 3 nitrogen and oxygen atoms in total. The van der Waals surface area contributed by atoms with Crippen molar-refractivity contribution < 1.29 is 13.2 Å². The van der Waals surface area contributed by atoms with Gasteiger partial charge in [-0.3, -0.25) is 4.79 Å². The second kappa shape index (κ2) is 5.43. The minimum absolute atomic E-state index is 0.183. The van der Waals surface area contributed by atoms with Crippen LogP contribution < -0.4 is 0 Å². The van der Waals surface area contributed by atoms with Crippen LogP contribution in [0.3, 0.4) is 0 Å². The molecule has 114 valence electrons. The predicted molar refractivity (Wildman–Crippen MR) is 79.1 cm³/mol. The normalized spacial score (nSPS) is 39.1. The molecule has 0 aromatic heterocycles. The molecule has 0 amide bonds. The fraction of sp³-hybridized carbons (Fsp3) is 0.938. The van der Waals surface area contributed by atoms with Gasteiger partial charge in [-0.25, -0.2) is 8.42 Å². The van der Waals surface area contributed by atoms with E-state index in [0.29, 0.717) is 30.5 Å². The molecule has 4 rings (SSSR count). The maximum Gasteiger partial charge on any atom is 0.150 e. The molecule has 0 heterocycles. The molecule has 0 spiro atoms. The summed E-state index contributed by atoms with van der Waals surface area (Å²) >= 11 is 0. The van der Waals surface area contributed by atoms with Gasteiger partial charge in [0, 0.05) is 18.1 Å². The summed E-state index contributed by atoms with van der Waals surface area (Å²) in [4.78, 5) is 12.5. The number of carbonyl (C=O) groups excluding carboxylic acids is 1. The Morgan fingerprint density at radius 2 is 1.55 bits per heavy atom. The molecule has 0 N–H and O–H groups in total. The highest BCUT2D eigenvalue weighted by Gasteiger charge is 2.50. The van der Waals surface area contributed by atoms with Crippen LogP contribution in [0.5, 0.6) is 0 Å². The fourth-order valence-corrected chi connectivity index (χ4v) is 6.10. The molecule has 4 saturated carbocycles. The number of hydrogen-bond donors (Lipinski definition) is 0. The van der Waals surface area contributed by atoms with E-state index in [9.17, 15) is 13.2 Å². The smallest absolute Gasteiger partial charge is 0.150 e. The lowest BCUT2D eigenvalue weighted by Crippen LogP contribution is -2.48. The van der Waals surface area contributed by atoms with Gasteiger partial charge >= 0.3 is 0 Å². The monoisotopic (exact) mass is 298 g/mol. The molecule has 0 aliphatic heterocycles. The van der Waals surface area contributed by atoms with Crippen molar-refractivity contribution in [1.29, 1.82) is 0 Å². The molecular weight excluding hydrogens is 272 g/mol. The van der Waals surface area contributed by atoms with Gasteiger partial charge in [-0.1, -0.05) is 6.92 Å². The van der Waals surface area contributed by atoms with Gasteiger partial charge in [0.25, 0.3) is 0 Å². The lowest BCUT2D eigenvalue weighted by Gasteiger charge is -2.53. The quantitative estimate of drug-likeness (QED) is 0.757. The van der Waals surface area contributed by atoms with E-state index < -0.39 is 9.84 Å². The van der Waals surface area contributed by atoms with Crippen molar-refractivity contribution in [2.45, 2.75) is 51.9 Å². The SMILES string of the molecule is CCS(=O)(=O)CCCC(=O)C1C2CC3CC(C2)CC1C3. The second-order valence-corrected chi connectivity index (χ2v) is 9.74. The predicted octanol–water partition coefficient (Wildman–Crippen LogP) is 2.84. The first-order valence-electron chi connectivity index (χ1n) is 8.21. The molecule has 20 heavy (non-hydrogen) atoms. The third kappa shape index (κ3) is 2.81. The summed E-state index contributed by atoms with van der Waals surface area (Å²) in [6, 6.07) is 0. The Bertz CT molecular complexity index is 452. The van der Waals surface area contributed by atoms with Gasteiger partial charge in [-0.2, -0.15) is 0 Å². The van der Waals surface area contributed by atoms with Crippen LogP contribution in [-0.4, -0.2) is 25.7 Å². The third-order valence-corrected chi connectivity index (χ3v) is 7.71. The molecule has 0 aromatic carbocycles. The molecule has 0 aromatic rings. The Labute approximate surface area is 122 Å². The highest BCUT2D eigenvalue weighted by Crippen LogP contribution is 2.56. The van der Waals surface area contributed by atoms with E-state index in [-0.39, 0.29) is 17.4 Å². The molecule has 0 radical (unpaired) electrons. The average molecular weight is 298 g/mol. The van der Waals surface area contributed by atoms with Crippen LogP contribution in [0.15, 0.2) is 0 Å². The summed E-state index contributed by atoms with van der Waals surface area (Å²) in [6.07, 6.45) is 7.45. The molecule has 4 fully saturated rings. The van der Waals surface area contributed by atoms with Crippen LogP contribution in [-0.2, 0) is 14.6 Å². The van der Waals surface area contributed by atoms with Crippen LogP contribution in [0.2, 0.25) is 0 Å². The molecule has 4 aliphatic rings. The summed E-state index contributed by atoms with van der Waals surface area (Å²) in [7, 11) is -2.92. The van der Waals surface area contributed by atoms with Gasteiger partial charge < -0.3 is 0 Å². The Morgan fingerprint density at radius 3 is 2.05 bits per heavy atom. The van der Waals surface area contributed by atoms with Crippen molar-refractivity contribution in [1.82, 2.24) is 0 Å². The third-order valence-electron chi connectivity index (χ3n) is 5.92. The molecule has 0 atom stereocenters. The molecule has 4 aliphatic carbocycles. The summed E-state index contributed by atoms with van der Waals surface area (Å²) in [5.74, 6) is 4.05. The lowest BCUT2D eigenvalue weighted by molar-refractivity contribution is -0.135. The van der Waals surface area contributed by atoms with E-state index >= 15 is 0 Å². The van der Waals surface area contributed by atoms with E-state index in [0.717, 1.165) is 11.8 Å². The number of carbonyl (C=O) groups is 1.